The van der Waals surface area contributed by atoms with Gasteiger partial charge in [0.25, 0.3) is 0 Å². The van der Waals surface area contributed by atoms with E-state index in [0.717, 1.165) is 18.5 Å². The largest absolute Gasteiger partial charge is 0.383 e. The van der Waals surface area contributed by atoms with E-state index in [1.165, 1.54) is 0 Å². The molecule has 3 heteroatoms. The van der Waals surface area contributed by atoms with Crippen LogP contribution < -0.4 is 4.90 Å². The van der Waals surface area contributed by atoms with Gasteiger partial charge in [-0.25, -0.2) is 0 Å². The number of ether oxygens (including phenoxy) is 1. The van der Waals surface area contributed by atoms with Crippen molar-refractivity contribution in [2.75, 3.05) is 32.2 Å². The standard InChI is InChI=1S/C11H15NO2/c1-12(7-8-14-2)11-5-3-10(9-13)4-6-11/h3-6,9H,7-8H2,1-2H3. The molecule has 0 atom stereocenters. The van der Waals surface area contributed by atoms with Gasteiger partial charge in [-0.05, 0) is 24.3 Å². The minimum Gasteiger partial charge on any atom is -0.383 e. The molecule has 0 saturated heterocycles. The lowest BCUT2D eigenvalue weighted by Crippen LogP contribution is -2.21. The summed E-state index contributed by atoms with van der Waals surface area (Å²) >= 11 is 0. The molecule has 0 aromatic heterocycles. The summed E-state index contributed by atoms with van der Waals surface area (Å²) in [6.07, 6.45) is 0.846. The zero-order chi connectivity index (χ0) is 10.4. The molecule has 1 rings (SSSR count). The number of hydrogen-bond acceptors (Lipinski definition) is 3. The molecule has 0 bridgehead atoms. The second-order valence-corrected chi connectivity index (χ2v) is 3.12. The van der Waals surface area contributed by atoms with Crippen LogP contribution in [0.5, 0.6) is 0 Å². The summed E-state index contributed by atoms with van der Waals surface area (Å²) in [5.41, 5.74) is 1.79. The molecule has 1 aromatic carbocycles. The fraction of sp³-hybridized carbons (Fsp3) is 0.364. The number of anilines is 1. The maximum Gasteiger partial charge on any atom is 0.150 e. The number of methoxy groups -OCH3 is 1. The topological polar surface area (TPSA) is 29.5 Å². The van der Waals surface area contributed by atoms with Crippen LogP contribution in [-0.4, -0.2) is 33.6 Å². The molecule has 1 aromatic rings. The van der Waals surface area contributed by atoms with Gasteiger partial charge in [-0.1, -0.05) is 0 Å². The lowest BCUT2D eigenvalue weighted by molar-refractivity contribution is 0.112. The maximum absolute atomic E-state index is 10.4. The first-order valence-electron chi connectivity index (χ1n) is 4.53. The van der Waals surface area contributed by atoms with Crippen LogP contribution >= 0.6 is 0 Å². The van der Waals surface area contributed by atoms with Crippen LogP contribution in [0.1, 0.15) is 10.4 Å². The quantitative estimate of drug-likeness (QED) is 0.665. The Morgan fingerprint density at radius 1 is 1.36 bits per heavy atom. The zero-order valence-electron chi connectivity index (χ0n) is 8.56. The number of rotatable bonds is 5. The molecule has 0 saturated carbocycles. The van der Waals surface area contributed by atoms with Gasteiger partial charge in [0.15, 0.2) is 0 Å². The average Bonchev–Trinajstić information content (AvgIpc) is 2.26. The molecule has 0 spiro atoms. The van der Waals surface area contributed by atoms with Crippen molar-refractivity contribution in [2.45, 2.75) is 0 Å². The van der Waals surface area contributed by atoms with E-state index >= 15 is 0 Å². The number of nitrogens with zero attached hydrogens (tertiary/aromatic N) is 1. The lowest BCUT2D eigenvalue weighted by Gasteiger charge is -2.18. The minimum atomic E-state index is 0.700. The SMILES string of the molecule is COCCN(C)c1ccc(C=O)cc1. The van der Waals surface area contributed by atoms with Gasteiger partial charge in [-0.2, -0.15) is 0 Å². The van der Waals surface area contributed by atoms with Crippen molar-refractivity contribution in [1.29, 1.82) is 0 Å². The highest BCUT2D eigenvalue weighted by molar-refractivity contribution is 5.75. The first kappa shape index (κ1) is 10.7. The first-order chi connectivity index (χ1) is 6.77. The van der Waals surface area contributed by atoms with Gasteiger partial charge in [-0.15, -0.1) is 0 Å². The van der Waals surface area contributed by atoms with Crippen molar-refractivity contribution in [3.8, 4) is 0 Å². The van der Waals surface area contributed by atoms with Crippen LogP contribution in [0.25, 0.3) is 0 Å². The molecule has 0 radical (unpaired) electrons. The van der Waals surface area contributed by atoms with Crippen molar-refractivity contribution < 1.29 is 9.53 Å². The second kappa shape index (κ2) is 5.40. The van der Waals surface area contributed by atoms with Crippen LogP contribution in [0, 0.1) is 0 Å². The molecular formula is C11H15NO2. The lowest BCUT2D eigenvalue weighted by atomic mass is 10.2. The molecule has 0 aliphatic rings. The molecule has 0 heterocycles. The third kappa shape index (κ3) is 2.85. The summed E-state index contributed by atoms with van der Waals surface area (Å²) in [4.78, 5) is 12.5. The number of carbonyl (C=O) groups is 1. The van der Waals surface area contributed by atoms with Crippen molar-refractivity contribution in [3.05, 3.63) is 29.8 Å². The maximum atomic E-state index is 10.4. The van der Waals surface area contributed by atoms with E-state index in [4.69, 9.17) is 4.74 Å². The van der Waals surface area contributed by atoms with Gasteiger partial charge >= 0.3 is 0 Å². The highest BCUT2D eigenvalue weighted by Crippen LogP contribution is 2.12. The van der Waals surface area contributed by atoms with Gasteiger partial charge in [0.1, 0.15) is 6.29 Å². The Morgan fingerprint density at radius 2 is 2.00 bits per heavy atom. The zero-order valence-corrected chi connectivity index (χ0v) is 8.56. The molecule has 0 amide bonds. The third-order valence-corrected chi connectivity index (χ3v) is 2.10. The molecular weight excluding hydrogens is 178 g/mol. The number of likely N-dealkylation sites (N-methyl/N-ethyl adjacent to an activating group) is 1. The summed E-state index contributed by atoms with van der Waals surface area (Å²) in [5, 5.41) is 0. The Bertz CT molecular complexity index is 282. The van der Waals surface area contributed by atoms with Crippen LogP contribution in [0.3, 0.4) is 0 Å². The molecule has 0 fully saturated rings. The second-order valence-electron chi connectivity index (χ2n) is 3.12. The molecule has 0 N–H and O–H groups in total. The molecule has 3 nitrogen and oxygen atoms in total. The Labute approximate surface area is 84.3 Å². The Hall–Kier alpha value is -1.35. The van der Waals surface area contributed by atoms with E-state index in [9.17, 15) is 4.79 Å². The third-order valence-electron chi connectivity index (χ3n) is 2.10. The fourth-order valence-corrected chi connectivity index (χ4v) is 1.16. The van der Waals surface area contributed by atoms with E-state index in [2.05, 4.69) is 4.90 Å². The number of carbonyl (C=O) groups excluding carboxylic acids is 1. The van der Waals surface area contributed by atoms with Crippen molar-refractivity contribution in [3.63, 3.8) is 0 Å². The summed E-state index contributed by atoms with van der Waals surface area (Å²) in [6, 6.07) is 7.48. The van der Waals surface area contributed by atoms with E-state index in [0.29, 0.717) is 12.2 Å². The average molecular weight is 193 g/mol. The van der Waals surface area contributed by atoms with E-state index in [-0.39, 0.29) is 0 Å². The van der Waals surface area contributed by atoms with Crippen molar-refractivity contribution in [2.24, 2.45) is 0 Å². The van der Waals surface area contributed by atoms with Crippen molar-refractivity contribution in [1.82, 2.24) is 0 Å². The molecule has 0 aliphatic heterocycles. The summed E-state index contributed by atoms with van der Waals surface area (Å²) in [5.74, 6) is 0. The van der Waals surface area contributed by atoms with E-state index < -0.39 is 0 Å². The van der Waals surface area contributed by atoms with Gasteiger partial charge in [0.05, 0.1) is 6.61 Å². The minimum absolute atomic E-state index is 0.700. The monoisotopic (exact) mass is 193 g/mol. The summed E-state index contributed by atoms with van der Waals surface area (Å²) in [6.45, 7) is 1.54. The van der Waals surface area contributed by atoms with Crippen LogP contribution in [-0.2, 0) is 4.74 Å². The molecule has 0 aliphatic carbocycles. The number of benzene rings is 1. The molecule has 14 heavy (non-hydrogen) atoms. The highest BCUT2D eigenvalue weighted by Gasteiger charge is 1.99. The van der Waals surface area contributed by atoms with Crippen LogP contribution in [0.15, 0.2) is 24.3 Å². The Balaban J connectivity index is 2.61. The predicted octanol–water partition coefficient (Wildman–Crippen LogP) is 1.58. The first-order valence-corrected chi connectivity index (χ1v) is 4.53. The van der Waals surface area contributed by atoms with E-state index in [1.807, 2.05) is 31.3 Å². The van der Waals surface area contributed by atoms with Gasteiger partial charge in [0.2, 0.25) is 0 Å². The van der Waals surface area contributed by atoms with Gasteiger partial charge < -0.3 is 9.64 Å². The number of aldehydes is 1. The number of hydrogen-bond donors (Lipinski definition) is 0. The van der Waals surface area contributed by atoms with Crippen LogP contribution in [0.2, 0.25) is 0 Å². The molecule has 0 unspecified atom stereocenters. The van der Waals surface area contributed by atoms with Gasteiger partial charge in [0, 0.05) is 32.0 Å². The predicted molar refractivity (Wildman–Crippen MR) is 57.0 cm³/mol. The Kier molecular flexibility index (Phi) is 4.13. The van der Waals surface area contributed by atoms with Crippen LogP contribution in [0.4, 0.5) is 5.69 Å². The fourth-order valence-electron chi connectivity index (χ4n) is 1.16. The Morgan fingerprint density at radius 3 is 2.50 bits per heavy atom. The molecule has 76 valence electrons. The highest BCUT2D eigenvalue weighted by atomic mass is 16.5. The smallest absolute Gasteiger partial charge is 0.150 e. The van der Waals surface area contributed by atoms with Gasteiger partial charge in [-0.3, -0.25) is 4.79 Å². The van der Waals surface area contributed by atoms with Crippen molar-refractivity contribution >= 4 is 12.0 Å². The summed E-state index contributed by atoms with van der Waals surface area (Å²) in [7, 11) is 3.68. The normalized spacial score (nSPS) is 9.86. The summed E-state index contributed by atoms with van der Waals surface area (Å²) < 4.78 is 4.98. The van der Waals surface area contributed by atoms with E-state index in [1.54, 1.807) is 7.11 Å².